The van der Waals surface area contributed by atoms with Crippen molar-refractivity contribution >= 4 is 12.1 Å². The maximum Gasteiger partial charge on any atom is 0.406 e. The van der Waals surface area contributed by atoms with Crippen molar-refractivity contribution in [3.05, 3.63) is 0 Å². The molecule has 3 amide bonds. The predicted octanol–water partition coefficient (Wildman–Crippen LogP) is -0.904. The molecule has 58 valence electrons. The topological polar surface area (TPSA) is 107 Å². The summed E-state index contributed by atoms with van der Waals surface area (Å²) in [6.45, 7) is 1.43. The van der Waals surface area contributed by atoms with Crippen LogP contribution in [0.1, 0.15) is 6.92 Å². The van der Waals surface area contributed by atoms with Crippen LogP contribution in [0.15, 0.2) is 0 Å². The van der Waals surface area contributed by atoms with Crippen molar-refractivity contribution in [2.45, 2.75) is 13.2 Å². The predicted molar refractivity (Wildman–Crippen MR) is 32.8 cm³/mol. The second-order valence-corrected chi connectivity index (χ2v) is 1.59. The number of ether oxygens (including phenoxy) is 1. The molecule has 0 aliphatic carbocycles. The summed E-state index contributed by atoms with van der Waals surface area (Å²) < 4.78 is 4.29. The zero-order chi connectivity index (χ0) is 8.15. The summed E-state index contributed by atoms with van der Waals surface area (Å²) >= 11 is 0. The van der Waals surface area contributed by atoms with Gasteiger partial charge < -0.3 is 21.5 Å². The van der Waals surface area contributed by atoms with E-state index < -0.39 is 18.4 Å². The van der Waals surface area contributed by atoms with E-state index in [9.17, 15) is 9.59 Å². The highest BCUT2D eigenvalue weighted by Gasteiger charge is 2.05. The molecule has 6 nitrogen and oxygen atoms in total. The largest absolute Gasteiger partial charge is 0.426 e. The smallest absolute Gasteiger partial charge is 0.406 e. The molecule has 1 atom stereocenters. The number of primary amides is 2. The fourth-order valence-corrected chi connectivity index (χ4v) is 0.404. The Morgan fingerprint density at radius 2 is 2.00 bits per heavy atom. The molecular formula is C4H9N3O3. The second kappa shape index (κ2) is 3.54. The molecule has 0 heterocycles. The summed E-state index contributed by atoms with van der Waals surface area (Å²) in [7, 11) is 0. The van der Waals surface area contributed by atoms with Crippen LogP contribution in [0.5, 0.6) is 0 Å². The van der Waals surface area contributed by atoms with Gasteiger partial charge in [0.2, 0.25) is 0 Å². The van der Waals surface area contributed by atoms with Crippen LogP contribution in [0.25, 0.3) is 0 Å². The first kappa shape index (κ1) is 8.54. The molecule has 0 radical (unpaired) electrons. The Hall–Kier alpha value is -1.46. The molecule has 0 spiro atoms. The van der Waals surface area contributed by atoms with Crippen LogP contribution in [0.4, 0.5) is 9.59 Å². The molecule has 6 heteroatoms. The van der Waals surface area contributed by atoms with Crippen LogP contribution in [0.3, 0.4) is 0 Å². The molecular weight excluding hydrogens is 138 g/mol. The third-order valence-corrected chi connectivity index (χ3v) is 0.638. The van der Waals surface area contributed by atoms with E-state index in [2.05, 4.69) is 21.5 Å². The molecule has 0 saturated heterocycles. The second-order valence-electron chi connectivity index (χ2n) is 1.59. The summed E-state index contributed by atoms with van der Waals surface area (Å²) in [5, 5.41) is 2.09. The SMILES string of the molecule is CC(NC(N)=O)OC(N)=O. The minimum atomic E-state index is -0.957. The van der Waals surface area contributed by atoms with Crippen LogP contribution in [0, 0.1) is 0 Å². The molecule has 0 aromatic carbocycles. The Morgan fingerprint density at radius 1 is 1.50 bits per heavy atom. The average molecular weight is 147 g/mol. The zero-order valence-corrected chi connectivity index (χ0v) is 5.46. The van der Waals surface area contributed by atoms with Gasteiger partial charge >= 0.3 is 12.1 Å². The van der Waals surface area contributed by atoms with Crippen LogP contribution in [-0.2, 0) is 4.74 Å². The Morgan fingerprint density at radius 3 is 2.30 bits per heavy atom. The summed E-state index contributed by atoms with van der Waals surface area (Å²) in [5.41, 5.74) is 9.30. The Kier molecular flexibility index (Phi) is 3.03. The molecule has 0 saturated carbocycles. The number of hydrogen-bond donors (Lipinski definition) is 3. The van der Waals surface area contributed by atoms with Gasteiger partial charge in [-0.05, 0) is 6.92 Å². The summed E-state index contributed by atoms with van der Waals surface area (Å²) in [5.74, 6) is 0. The van der Waals surface area contributed by atoms with E-state index in [1.807, 2.05) is 0 Å². The van der Waals surface area contributed by atoms with Crippen LogP contribution < -0.4 is 16.8 Å². The van der Waals surface area contributed by atoms with Gasteiger partial charge in [0.1, 0.15) is 0 Å². The number of nitrogens with one attached hydrogen (secondary N) is 1. The molecule has 0 aliphatic rings. The van der Waals surface area contributed by atoms with Crippen molar-refractivity contribution in [1.82, 2.24) is 5.32 Å². The van der Waals surface area contributed by atoms with Crippen molar-refractivity contribution < 1.29 is 14.3 Å². The highest BCUT2D eigenvalue weighted by atomic mass is 16.6. The van der Waals surface area contributed by atoms with Gasteiger partial charge in [0.15, 0.2) is 6.23 Å². The first-order valence-corrected chi connectivity index (χ1v) is 2.54. The number of amides is 3. The van der Waals surface area contributed by atoms with Crippen LogP contribution >= 0.6 is 0 Å². The van der Waals surface area contributed by atoms with E-state index in [0.717, 1.165) is 0 Å². The van der Waals surface area contributed by atoms with Crippen molar-refractivity contribution in [2.75, 3.05) is 0 Å². The molecule has 0 aliphatic heterocycles. The third-order valence-electron chi connectivity index (χ3n) is 0.638. The average Bonchev–Trinajstić information content (AvgIpc) is 1.58. The van der Waals surface area contributed by atoms with Gasteiger partial charge in [-0.25, -0.2) is 9.59 Å². The fraction of sp³-hybridized carbons (Fsp3) is 0.500. The summed E-state index contributed by atoms with van der Waals surface area (Å²) in [6, 6.07) is -0.770. The lowest BCUT2D eigenvalue weighted by Gasteiger charge is -2.10. The van der Waals surface area contributed by atoms with Crippen molar-refractivity contribution in [3.8, 4) is 0 Å². The molecule has 0 fully saturated rings. The molecule has 0 aromatic rings. The minimum Gasteiger partial charge on any atom is -0.426 e. The van der Waals surface area contributed by atoms with E-state index >= 15 is 0 Å². The number of carbonyl (C=O) groups is 2. The van der Waals surface area contributed by atoms with Crippen molar-refractivity contribution in [1.29, 1.82) is 0 Å². The quantitative estimate of drug-likeness (QED) is 0.440. The highest BCUT2D eigenvalue weighted by Crippen LogP contribution is 1.82. The molecule has 1 unspecified atom stereocenters. The minimum absolute atomic E-state index is 0.770. The summed E-state index contributed by atoms with van der Waals surface area (Å²) in [6.07, 6.45) is -1.74. The zero-order valence-electron chi connectivity index (χ0n) is 5.46. The molecule has 0 bridgehead atoms. The lowest BCUT2D eigenvalue weighted by molar-refractivity contribution is 0.103. The van der Waals surface area contributed by atoms with E-state index in [1.165, 1.54) is 6.92 Å². The van der Waals surface area contributed by atoms with E-state index in [0.29, 0.717) is 0 Å². The monoisotopic (exact) mass is 147 g/mol. The third kappa shape index (κ3) is 4.69. The lowest BCUT2D eigenvalue weighted by Crippen LogP contribution is -2.40. The lowest BCUT2D eigenvalue weighted by atomic mass is 10.6. The highest BCUT2D eigenvalue weighted by molar-refractivity contribution is 5.72. The van der Waals surface area contributed by atoms with Crippen molar-refractivity contribution in [3.63, 3.8) is 0 Å². The number of rotatable bonds is 2. The van der Waals surface area contributed by atoms with E-state index in [-0.39, 0.29) is 0 Å². The molecule has 5 N–H and O–H groups in total. The van der Waals surface area contributed by atoms with Gasteiger partial charge in [-0.2, -0.15) is 0 Å². The van der Waals surface area contributed by atoms with Gasteiger partial charge in [0, 0.05) is 0 Å². The maximum atomic E-state index is 10.1. The van der Waals surface area contributed by atoms with Gasteiger partial charge in [0.05, 0.1) is 0 Å². The summed E-state index contributed by atoms with van der Waals surface area (Å²) in [4.78, 5) is 20.1. The number of urea groups is 1. The van der Waals surface area contributed by atoms with Gasteiger partial charge in [-0.1, -0.05) is 0 Å². The standard InChI is InChI=1S/C4H9N3O3/c1-2(7-3(5)8)10-4(6)9/h2H,1H3,(H2,6,9)(H3,5,7,8). The first-order valence-electron chi connectivity index (χ1n) is 2.54. The van der Waals surface area contributed by atoms with Crippen molar-refractivity contribution in [2.24, 2.45) is 11.5 Å². The van der Waals surface area contributed by atoms with Gasteiger partial charge in [-0.15, -0.1) is 0 Å². The number of nitrogens with two attached hydrogens (primary N) is 2. The normalized spacial score (nSPS) is 11.7. The maximum absolute atomic E-state index is 10.1. The Bertz CT molecular complexity index is 131. The fourth-order valence-electron chi connectivity index (χ4n) is 0.404. The molecule has 10 heavy (non-hydrogen) atoms. The Balaban J connectivity index is 3.53. The first-order chi connectivity index (χ1) is 4.52. The molecule has 0 rings (SSSR count). The number of carbonyl (C=O) groups excluding carboxylic acids is 2. The Labute approximate surface area is 57.5 Å². The van der Waals surface area contributed by atoms with Crippen LogP contribution in [0.2, 0.25) is 0 Å². The van der Waals surface area contributed by atoms with Crippen LogP contribution in [-0.4, -0.2) is 18.4 Å². The number of hydrogen-bond acceptors (Lipinski definition) is 3. The van der Waals surface area contributed by atoms with E-state index in [4.69, 9.17) is 0 Å². The van der Waals surface area contributed by atoms with Gasteiger partial charge in [0.25, 0.3) is 0 Å². The molecule has 0 aromatic heterocycles. The van der Waals surface area contributed by atoms with E-state index in [1.54, 1.807) is 0 Å². The van der Waals surface area contributed by atoms with Gasteiger partial charge in [-0.3, -0.25) is 0 Å².